The second kappa shape index (κ2) is 4.85. The van der Waals surface area contributed by atoms with Crippen LogP contribution >= 0.6 is 15.9 Å². The summed E-state index contributed by atoms with van der Waals surface area (Å²) in [5.41, 5.74) is 1.24. The van der Waals surface area contributed by atoms with Gasteiger partial charge >= 0.3 is 0 Å². The molecule has 19 heavy (non-hydrogen) atoms. The average Bonchev–Trinajstić information content (AvgIpc) is 2.71. The maximum Gasteiger partial charge on any atom is 0.142 e. The zero-order chi connectivity index (χ0) is 14.4. The molecule has 0 amide bonds. The second-order valence-electron chi connectivity index (χ2n) is 6.60. The van der Waals surface area contributed by atoms with Crippen molar-refractivity contribution in [1.82, 2.24) is 5.32 Å². The van der Waals surface area contributed by atoms with Gasteiger partial charge in [-0.15, -0.1) is 0 Å². The van der Waals surface area contributed by atoms with Crippen LogP contribution in [0.1, 0.15) is 46.2 Å². The molecule has 1 aromatic rings. The van der Waals surface area contributed by atoms with E-state index in [1.807, 2.05) is 12.1 Å². The molecular weight excluding hydrogens is 305 g/mol. The maximum absolute atomic E-state index is 14.4. The average molecular weight is 328 g/mol. The first-order chi connectivity index (χ1) is 8.75. The number of nitrogens with one attached hydrogen (secondary N) is 1. The molecule has 106 valence electrons. The molecule has 1 aliphatic rings. The minimum absolute atomic E-state index is 0.0764. The highest BCUT2D eigenvalue weighted by Crippen LogP contribution is 2.72. The van der Waals surface area contributed by atoms with Gasteiger partial charge in [-0.3, -0.25) is 0 Å². The Labute approximate surface area is 124 Å². The monoisotopic (exact) mass is 327 g/mol. The number of halogens is 2. The topological polar surface area (TPSA) is 12.0 Å². The molecule has 0 aliphatic heterocycles. The molecule has 0 bridgehead atoms. The molecule has 0 radical (unpaired) electrons. The minimum Gasteiger partial charge on any atom is -0.310 e. The fourth-order valence-corrected chi connectivity index (χ4v) is 3.85. The summed E-state index contributed by atoms with van der Waals surface area (Å²) in [6.07, 6.45) is 0. The van der Waals surface area contributed by atoms with Crippen molar-refractivity contribution in [2.75, 3.05) is 6.54 Å². The molecule has 0 saturated heterocycles. The van der Waals surface area contributed by atoms with Crippen LogP contribution in [0.15, 0.2) is 22.7 Å². The van der Waals surface area contributed by atoms with Gasteiger partial charge in [0.1, 0.15) is 5.82 Å². The summed E-state index contributed by atoms with van der Waals surface area (Å²) in [4.78, 5) is 0. The zero-order valence-electron chi connectivity index (χ0n) is 12.3. The van der Waals surface area contributed by atoms with Gasteiger partial charge in [-0.25, -0.2) is 4.39 Å². The van der Waals surface area contributed by atoms with Crippen LogP contribution in [-0.4, -0.2) is 6.54 Å². The van der Waals surface area contributed by atoms with Crippen LogP contribution in [0.5, 0.6) is 0 Å². The van der Waals surface area contributed by atoms with E-state index in [1.165, 1.54) is 0 Å². The van der Waals surface area contributed by atoms with Crippen molar-refractivity contribution in [3.8, 4) is 0 Å². The van der Waals surface area contributed by atoms with E-state index >= 15 is 0 Å². The molecule has 1 unspecified atom stereocenters. The minimum atomic E-state index is -0.132. The molecular formula is C16H23BrFN. The van der Waals surface area contributed by atoms with E-state index in [4.69, 9.17) is 0 Å². The molecule has 1 aromatic carbocycles. The maximum atomic E-state index is 14.4. The van der Waals surface area contributed by atoms with Crippen LogP contribution in [-0.2, 0) is 0 Å². The van der Waals surface area contributed by atoms with E-state index < -0.39 is 0 Å². The van der Waals surface area contributed by atoms with Gasteiger partial charge in [-0.1, -0.05) is 46.8 Å². The predicted octanol–water partition coefficient (Wildman–Crippen LogP) is 4.92. The van der Waals surface area contributed by atoms with Crippen LogP contribution in [0, 0.1) is 22.6 Å². The standard InChI is InChI=1S/C16H23BrFN/c1-6-19-13(14-15(2,3)16(14,4)5)10-8-7-9-11(17)12(10)18/h7-9,13-14,19H,6H2,1-5H3. The largest absolute Gasteiger partial charge is 0.310 e. The van der Waals surface area contributed by atoms with Gasteiger partial charge in [0, 0.05) is 11.6 Å². The summed E-state index contributed by atoms with van der Waals surface area (Å²) < 4.78 is 14.9. The van der Waals surface area contributed by atoms with Crippen LogP contribution in [0.4, 0.5) is 4.39 Å². The van der Waals surface area contributed by atoms with Crippen molar-refractivity contribution < 1.29 is 4.39 Å². The van der Waals surface area contributed by atoms with Gasteiger partial charge in [0.05, 0.1) is 4.47 Å². The summed E-state index contributed by atoms with van der Waals surface area (Å²) >= 11 is 3.29. The summed E-state index contributed by atoms with van der Waals surface area (Å²) in [5, 5.41) is 3.48. The van der Waals surface area contributed by atoms with Crippen molar-refractivity contribution in [2.24, 2.45) is 16.7 Å². The van der Waals surface area contributed by atoms with Crippen molar-refractivity contribution >= 4 is 15.9 Å². The van der Waals surface area contributed by atoms with Crippen LogP contribution in [0.3, 0.4) is 0 Å². The number of hydrogen-bond acceptors (Lipinski definition) is 1. The van der Waals surface area contributed by atoms with E-state index in [-0.39, 0.29) is 22.7 Å². The molecule has 3 heteroatoms. The molecule has 1 fully saturated rings. The Morgan fingerprint density at radius 3 is 2.32 bits per heavy atom. The molecule has 0 spiro atoms. The molecule has 1 atom stereocenters. The highest BCUT2D eigenvalue weighted by molar-refractivity contribution is 9.10. The number of rotatable bonds is 4. The van der Waals surface area contributed by atoms with E-state index in [9.17, 15) is 4.39 Å². The van der Waals surface area contributed by atoms with Crippen LogP contribution in [0.25, 0.3) is 0 Å². The normalized spacial score (nSPS) is 22.3. The third-order valence-electron chi connectivity index (χ3n) is 5.21. The molecule has 1 saturated carbocycles. The van der Waals surface area contributed by atoms with E-state index in [2.05, 4.69) is 55.9 Å². The zero-order valence-corrected chi connectivity index (χ0v) is 13.9. The SMILES string of the molecule is CCNC(c1cccc(Br)c1F)C1C(C)(C)C1(C)C. The Morgan fingerprint density at radius 1 is 1.26 bits per heavy atom. The first-order valence-electron chi connectivity index (χ1n) is 6.92. The lowest BCUT2D eigenvalue weighted by atomic mass is 9.96. The molecule has 1 nitrogen and oxygen atoms in total. The molecule has 2 rings (SSSR count). The molecule has 0 heterocycles. The summed E-state index contributed by atoms with van der Waals surface area (Å²) in [5.74, 6) is 0.315. The van der Waals surface area contributed by atoms with E-state index in [1.54, 1.807) is 6.07 Å². The molecule has 1 N–H and O–H groups in total. The second-order valence-corrected chi connectivity index (χ2v) is 7.45. The quantitative estimate of drug-likeness (QED) is 0.827. The lowest BCUT2D eigenvalue weighted by Crippen LogP contribution is -2.26. The van der Waals surface area contributed by atoms with Crippen molar-refractivity contribution in [3.05, 3.63) is 34.1 Å². The third kappa shape index (κ3) is 2.25. The van der Waals surface area contributed by atoms with Gasteiger partial charge in [0.15, 0.2) is 0 Å². The Hall–Kier alpha value is -0.410. The fourth-order valence-electron chi connectivity index (χ4n) is 3.47. The van der Waals surface area contributed by atoms with Crippen LogP contribution in [0.2, 0.25) is 0 Å². The van der Waals surface area contributed by atoms with Crippen molar-refractivity contribution in [2.45, 2.75) is 40.7 Å². The smallest absolute Gasteiger partial charge is 0.142 e. The van der Waals surface area contributed by atoms with E-state index in [0.717, 1.165) is 12.1 Å². The molecule has 1 aliphatic carbocycles. The molecule has 0 aromatic heterocycles. The summed E-state index contributed by atoms with van der Waals surface area (Å²) in [6, 6.07) is 5.64. The first-order valence-corrected chi connectivity index (χ1v) is 7.71. The lowest BCUT2D eigenvalue weighted by Gasteiger charge is -2.22. The highest BCUT2D eigenvalue weighted by Gasteiger charge is 2.67. The third-order valence-corrected chi connectivity index (χ3v) is 5.82. The summed E-state index contributed by atoms with van der Waals surface area (Å²) in [7, 11) is 0. The van der Waals surface area contributed by atoms with Crippen molar-refractivity contribution in [1.29, 1.82) is 0 Å². The highest BCUT2D eigenvalue weighted by atomic mass is 79.9. The van der Waals surface area contributed by atoms with Gasteiger partial charge in [-0.05, 0) is 45.3 Å². The van der Waals surface area contributed by atoms with Gasteiger partial charge < -0.3 is 5.32 Å². The Kier molecular flexibility index (Phi) is 3.83. The predicted molar refractivity (Wildman–Crippen MR) is 81.6 cm³/mol. The lowest BCUT2D eigenvalue weighted by molar-refractivity contribution is 0.403. The van der Waals surface area contributed by atoms with E-state index in [0.29, 0.717) is 10.4 Å². The Morgan fingerprint density at radius 2 is 1.84 bits per heavy atom. The Bertz CT molecular complexity index is 468. The fraction of sp³-hybridized carbons (Fsp3) is 0.625. The van der Waals surface area contributed by atoms with Gasteiger partial charge in [0.2, 0.25) is 0 Å². The van der Waals surface area contributed by atoms with Crippen molar-refractivity contribution in [3.63, 3.8) is 0 Å². The van der Waals surface area contributed by atoms with Gasteiger partial charge in [0.25, 0.3) is 0 Å². The number of benzene rings is 1. The first kappa shape index (κ1) is 15.0. The van der Waals surface area contributed by atoms with Crippen LogP contribution < -0.4 is 5.32 Å². The van der Waals surface area contributed by atoms with Gasteiger partial charge in [-0.2, -0.15) is 0 Å². The Balaban J connectivity index is 2.40. The summed E-state index contributed by atoms with van der Waals surface area (Å²) in [6.45, 7) is 12.0. The number of hydrogen-bond donors (Lipinski definition) is 1.